The number of pyridine rings is 1. The molecule has 4 atom stereocenters. The van der Waals surface area contributed by atoms with Crippen molar-refractivity contribution in [2.24, 2.45) is 4.99 Å². The van der Waals surface area contributed by atoms with Gasteiger partial charge in [0.2, 0.25) is 0 Å². The molecule has 2 fully saturated rings. The molecule has 0 aliphatic carbocycles. The Morgan fingerprint density at radius 3 is 2.26 bits per heavy atom. The van der Waals surface area contributed by atoms with Crippen LogP contribution in [-0.4, -0.2) is 120 Å². The molecule has 5 heterocycles. The number of hydrogen-bond donors (Lipinski definition) is 1. The van der Waals surface area contributed by atoms with Gasteiger partial charge in [0.25, 0.3) is 17.5 Å². The number of rotatable bonds is 17. The number of ether oxygens (including phenoxy) is 5. The van der Waals surface area contributed by atoms with Crippen LogP contribution in [0.15, 0.2) is 76.9 Å². The third-order valence-corrected chi connectivity index (χ3v) is 13.7. The Kier molecular flexibility index (Phi) is 13.9. The van der Waals surface area contributed by atoms with Gasteiger partial charge in [-0.1, -0.05) is 42.0 Å². The summed E-state index contributed by atoms with van der Waals surface area (Å²) in [6, 6.07) is 8.56. The van der Waals surface area contributed by atoms with E-state index in [1.165, 1.54) is 65.1 Å². The molecule has 2 aromatic carbocycles. The number of aliphatic hydroxyl groups is 1. The monoisotopic (exact) mass is 888 g/mol. The molecule has 19 heteroatoms. The molecule has 0 radical (unpaired) electrons. The van der Waals surface area contributed by atoms with E-state index in [1.54, 1.807) is 29.3 Å². The number of aromatic nitrogens is 1. The molecule has 4 aliphatic heterocycles. The van der Waals surface area contributed by atoms with Crippen LogP contribution in [-0.2, 0) is 4.74 Å². The van der Waals surface area contributed by atoms with Crippen LogP contribution in [0, 0.1) is 10.1 Å². The molecule has 0 saturated carbocycles. The van der Waals surface area contributed by atoms with Crippen LogP contribution in [0.5, 0.6) is 23.0 Å². The molecule has 1 N–H and O–H groups in total. The molecule has 17 nitrogen and oxygen atoms in total. The van der Waals surface area contributed by atoms with Crippen molar-refractivity contribution >= 4 is 62.8 Å². The van der Waals surface area contributed by atoms with Gasteiger partial charge in [-0.3, -0.25) is 24.7 Å². The maximum atomic E-state index is 14.0. The van der Waals surface area contributed by atoms with Gasteiger partial charge < -0.3 is 38.6 Å². The summed E-state index contributed by atoms with van der Waals surface area (Å²) in [6.45, 7) is 11.4. The highest BCUT2D eigenvalue weighted by molar-refractivity contribution is 8.76. The van der Waals surface area contributed by atoms with Crippen molar-refractivity contribution in [1.29, 1.82) is 0 Å². The number of anilines is 1. The number of hydrogen-bond acceptors (Lipinski definition) is 15. The molecule has 7 rings (SSSR count). The lowest BCUT2D eigenvalue weighted by atomic mass is 10.1. The van der Waals surface area contributed by atoms with Crippen molar-refractivity contribution in [2.45, 2.75) is 74.0 Å². The van der Waals surface area contributed by atoms with E-state index in [2.05, 4.69) is 23.1 Å². The van der Waals surface area contributed by atoms with Crippen LogP contribution in [0.4, 0.5) is 21.9 Å². The van der Waals surface area contributed by atoms with Crippen molar-refractivity contribution in [1.82, 2.24) is 14.8 Å². The molecule has 2 unspecified atom stereocenters. The molecule has 0 spiro atoms. The van der Waals surface area contributed by atoms with E-state index >= 15 is 0 Å². The number of carbonyl (C=O) groups is 3. The summed E-state index contributed by atoms with van der Waals surface area (Å²) in [7, 11) is 5.81. The number of carbonyl (C=O) groups excluding carboxylic acids is 3. The average molecular weight is 889 g/mol. The molecule has 3 amide bonds. The largest absolute Gasteiger partial charge is 0.493 e. The van der Waals surface area contributed by atoms with Gasteiger partial charge in [0.1, 0.15) is 11.2 Å². The number of unbranched alkanes of at least 4 members (excludes halogenated alkanes) is 2. The van der Waals surface area contributed by atoms with Crippen molar-refractivity contribution in [3.05, 3.63) is 88.1 Å². The summed E-state index contributed by atoms with van der Waals surface area (Å²) in [5, 5.41) is 23.2. The van der Waals surface area contributed by atoms with Gasteiger partial charge in [-0.25, -0.2) is 14.7 Å². The summed E-state index contributed by atoms with van der Waals surface area (Å²) in [4.78, 5) is 64.7. The van der Waals surface area contributed by atoms with Gasteiger partial charge in [-0.2, -0.15) is 0 Å². The molecule has 3 aromatic rings. The Bertz CT molecular complexity index is 2270. The lowest BCUT2D eigenvalue weighted by Gasteiger charge is -2.31. The molecule has 62 heavy (non-hydrogen) atoms. The predicted molar refractivity (Wildman–Crippen MR) is 234 cm³/mol. The second-order valence-electron chi connectivity index (χ2n) is 15.3. The van der Waals surface area contributed by atoms with E-state index < -0.39 is 23.3 Å². The Hall–Kier alpha value is -5.79. The highest BCUT2D eigenvalue weighted by atomic mass is 33.1. The van der Waals surface area contributed by atoms with Gasteiger partial charge in [0.05, 0.1) is 73.5 Å². The Labute approximate surface area is 366 Å². The minimum absolute atomic E-state index is 0.00464. The number of amides is 3. The summed E-state index contributed by atoms with van der Waals surface area (Å²) < 4.78 is 29.2. The summed E-state index contributed by atoms with van der Waals surface area (Å²) in [5.41, 5.74) is 2.90. The zero-order chi connectivity index (χ0) is 44.1. The number of methoxy groups -OCH3 is 2. The first-order chi connectivity index (χ1) is 29.9. The van der Waals surface area contributed by atoms with E-state index in [0.717, 1.165) is 22.5 Å². The first-order valence-corrected chi connectivity index (χ1v) is 22.3. The molecule has 328 valence electrons. The summed E-state index contributed by atoms with van der Waals surface area (Å²) >= 11 is 0. The normalized spacial score (nSPS) is 19.5. The van der Waals surface area contributed by atoms with Crippen LogP contribution in [0.1, 0.15) is 66.2 Å². The number of benzene rings is 2. The molecular formula is C43H48N6O11S2. The number of nitro groups is 1. The highest BCUT2D eigenvalue weighted by Gasteiger charge is 2.46. The number of aliphatic hydroxyl groups excluding tert-OH is 1. The fraction of sp³-hybridized carbons (Fsp3) is 0.419. The van der Waals surface area contributed by atoms with Gasteiger partial charge in [0, 0.05) is 42.8 Å². The fourth-order valence-electron chi connectivity index (χ4n) is 7.63. The fourth-order valence-corrected chi connectivity index (χ4v) is 9.67. The zero-order valence-electron chi connectivity index (χ0n) is 34.7. The summed E-state index contributed by atoms with van der Waals surface area (Å²) in [5.74, 6) is 0.990. The maximum Gasteiger partial charge on any atom is 0.416 e. The van der Waals surface area contributed by atoms with Crippen LogP contribution in [0.2, 0.25) is 0 Å². The zero-order valence-corrected chi connectivity index (χ0v) is 36.3. The van der Waals surface area contributed by atoms with E-state index in [4.69, 9.17) is 23.7 Å². The minimum atomic E-state index is -1.44. The Balaban J connectivity index is 0.961. The van der Waals surface area contributed by atoms with Crippen LogP contribution in [0.3, 0.4) is 0 Å². The van der Waals surface area contributed by atoms with E-state index in [0.29, 0.717) is 73.0 Å². The third kappa shape index (κ3) is 9.64. The molecule has 1 aromatic heterocycles. The van der Waals surface area contributed by atoms with E-state index in [-0.39, 0.29) is 71.3 Å². The first-order valence-electron chi connectivity index (χ1n) is 20.1. The lowest BCUT2D eigenvalue weighted by Crippen LogP contribution is -2.51. The van der Waals surface area contributed by atoms with Crippen LogP contribution < -0.4 is 23.8 Å². The quantitative estimate of drug-likeness (QED) is 0.0463. The Morgan fingerprint density at radius 2 is 1.58 bits per heavy atom. The smallest absolute Gasteiger partial charge is 0.416 e. The lowest BCUT2D eigenvalue weighted by molar-refractivity contribution is -0.385. The third-order valence-electron chi connectivity index (χ3n) is 10.9. The standard InChI is InChI=1S/C43H48N6O11S2/c1-25-15-29-22-44-32-19-37(35(56-4)17-30(32)40(50)46(29)23-25)58-12-7-6-8-13-59-38-20-33-31(18-36(38)57-5)41(51)47-24-26(2)16-34(47)42(52)48(33)43(53)60-14-11-27(3)61-62-39-10-9-28(21-45-39)49(54)55/h9-10,17-22,27,29,34,42,52H,1-2,6-8,11-16,23-24H2,3-5H3/t27-,29-,34?,42?/m0/s1. The van der Waals surface area contributed by atoms with Crippen molar-refractivity contribution < 1.29 is 48.1 Å². The summed E-state index contributed by atoms with van der Waals surface area (Å²) in [6.07, 6.45) is 4.20. The van der Waals surface area contributed by atoms with Gasteiger partial charge in [0.15, 0.2) is 29.2 Å². The number of fused-ring (bicyclic) bond motifs is 4. The van der Waals surface area contributed by atoms with E-state index in [9.17, 15) is 29.6 Å². The average Bonchev–Trinajstić information content (AvgIpc) is 3.80. The molecule has 2 saturated heterocycles. The number of nitrogens with zero attached hydrogens (tertiary/aromatic N) is 6. The Morgan fingerprint density at radius 1 is 0.919 bits per heavy atom. The molecule has 4 aliphatic rings. The minimum Gasteiger partial charge on any atom is -0.493 e. The first kappa shape index (κ1) is 44.3. The molecule has 0 bridgehead atoms. The highest BCUT2D eigenvalue weighted by Crippen LogP contribution is 2.43. The van der Waals surface area contributed by atoms with Crippen molar-refractivity contribution in [2.75, 3.05) is 52.0 Å². The second kappa shape index (κ2) is 19.5. The van der Waals surface area contributed by atoms with Crippen molar-refractivity contribution in [3.8, 4) is 23.0 Å². The SMILES string of the molecule is C=C1CC2C(O)N(C(=O)OCC[C@H](C)SSc3ccc([N+](=O)[O-])cn3)c3cc(OCCCCCOc4cc5c(cc4OC)C(=O)N4CC(=C)C[C@H]4C=N5)c(OC)cc3C(=O)N2C1. The van der Waals surface area contributed by atoms with Crippen molar-refractivity contribution in [3.63, 3.8) is 0 Å². The van der Waals surface area contributed by atoms with Gasteiger partial charge >= 0.3 is 6.09 Å². The second-order valence-corrected chi connectivity index (χ2v) is 17.9. The topological polar surface area (TPSA) is 196 Å². The number of aliphatic imine (C=N–C) groups is 1. The van der Waals surface area contributed by atoms with E-state index in [1.807, 2.05) is 6.92 Å². The van der Waals surface area contributed by atoms with Crippen LogP contribution >= 0.6 is 21.6 Å². The maximum absolute atomic E-state index is 14.0. The predicted octanol–water partition coefficient (Wildman–Crippen LogP) is 7.39. The van der Waals surface area contributed by atoms with Gasteiger partial charge in [-0.05, 0) is 67.5 Å². The van der Waals surface area contributed by atoms with Gasteiger partial charge in [-0.15, -0.1) is 0 Å². The van der Waals surface area contributed by atoms with Crippen LogP contribution in [0.25, 0.3) is 0 Å². The molecular weight excluding hydrogens is 841 g/mol.